The summed E-state index contributed by atoms with van der Waals surface area (Å²) in [6, 6.07) is 8.05. The third kappa shape index (κ3) is 3.50. The number of anilines is 1. The fourth-order valence-corrected chi connectivity index (χ4v) is 3.68. The first kappa shape index (κ1) is 18.2. The Morgan fingerprint density at radius 2 is 2.25 bits per heavy atom. The zero-order valence-electron chi connectivity index (χ0n) is 15.9. The van der Waals surface area contributed by atoms with Gasteiger partial charge in [0.05, 0.1) is 29.2 Å². The number of aromatic nitrogens is 3. The molecule has 1 aliphatic rings. The first-order valence-corrected chi connectivity index (χ1v) is 9.23. The standard InChI is InChI=1S/C20H23N5O3/c1-13-7-14(3-4-15(13)9-21-20(26)27)19-18-8-16(10-25(18)23-12-22-19)24-6-5-17(11-24)28-2/h3-4,7-8,10,12,17,21H,5-6,9,11H2,1-2H3,(H,26,27). The second-order valence-corrected chi connectivity index (χ2v) is 7.03. The van der Waals surface area contributed by atoms with Gasteiger partial charge in [-0.25, -0.2) is 14.3 Å². The Kier molecular flexibility index (Phi) is 4.87. The Labute approximate surface area is 162 Å². The third-order valence-electron chi connectivity index (χ3n) is 5.28. The van der Waals surface area contributed by atoms with Crippen LogP contribution in [0.25, 0.3) is 16.8 Å². The van der Waals surface area contributed by atoms with Gasteiger partial charge in [-0.2, -0.15) is 5.10 Å². The number of fused-ring (bicyclic) bond motifs is 1. The molecule has 1 aromatic carbocycles. The first-order chi connectivity index (χ1) is 13.5. The van der Waals surface area contributed by atoms with Gasteiger partial charge in [0.15, 0.2) is 0 Å². The lowest BCUT2D eigenvalue weighted by Crippen LogP contribution is -2.21. The lowest BCUT2D eigenvalue weighted by molar-refractivity contribution is 0.121. The van der Waals surface area contributed by atoms with Crippen molar-refractivity contribution < 1.29 is 14.6 Å². The fourth-order valence-electron chi connectivity index (χ4n) is 3.68. The molecule has 146 valence electrons. The molecule has 1 amide bonds. The highest BCUT2D eigenvalue weighted by atomic mass is 16.5. The van der Waals surface area contributed by atoms with Gasteiger partial charge in [-0.15, -0.1) is 0 Å². The van der Waals surface area contributed by atoms with Gasteiger partial charge in [-0.3, -0.25) is 0 Å². The highest BCUT2D eigenvalue weighted by Gasteiger charge is 2.23. The number of hydrogen-bond acceptors (Lipinski definition) is 5. The molecule has 8 heteroatoms. The summed E-state index contributed by atoms with van der Waals surface area (Å²) in [5.41, 5.74) is 5.83. The molecular formula is C20H23N5O3. The van der Waals surface area contributed by atoms with E-state index in [1.807, 2.05) is 35.8 Å². The summed E-state index contributed by atoms with van der Waals surface area (Å²) < 4.78 is 7.32. The lowest BCUT2D eigenvalue weighted by Gasteiger charge is -2.15. The van der Waals surface area contributed by atoms with Crippen molar-refractivity contribution in [3.05, 3.63) is 47.9 Å². The maximum Gasteiger partial charge on any atom is 0.404 e. The van der Waals surface area contributed by atoms with E-state index in [9.17, 15) is 4.79 Å². The Morgan fingerprint density at radius 1 is 1.39 bits per heavy atom. The fraction of sp³-hybridized carbons (Fsp3) is 0.350. The summed E-state index contributed by atoms with van der Waals surface area (Å²) in [5, 5.41) is 15.6. The normalized spacial score (nSPS) is 16.6. The molecule has 1 fully saturated rings. The van der Waals surface area contributed by atoms with Crippen molar-refractivity contribution in [1.82, 2.24) is 19.9 Å². The molecule has 2 aromatic heterocycles. The molecule has 3 heterocycles. The minimum atomic E-state index is -1.03. The smallest absolute Gasteiger partial charge is 0.404 e. The van der Waals surface area contributed by atoms with E-state index in [0.29, 0.717) is 0 Å². The van der Waals surface area contributed by atoms with E-state index in [4.69, 9.17) is 9.84 Å². The largest absolute Gasteiger partial charge is 0.465 e. The molecule has 0 saturated carbocycles. The van der Waals surface area contributed by atoms with Crippen molar-refractivity contribution in [1.29, 1.82) is 0 Å². The second kappa shape index (κ2) is 7.47. The molecule has 0 spiro atoms. The number of carboxylic acid groups (broad SMARTS) is 1. The number of rotatable bonds is 5. The van der Waals surface area contributed by atoms with Crippen molar-refractivity contribution in [2.24, 2.45) is 0 Å². The SMILES string of the molecule is COC1CCN(c2cc3c(-c4ccc(CNC(=O)O)c(C)c4)ncnn3c2)C1. The number of methoxy groups -OCH3 is 1. The van der Waals surface area contributed by atoms with Crippen LogP contribution in [0.2, 0.25) is 0 Å². The zero-order chi connectivity index (χ0) is 19.7. The predicted molar refractivity (Wildman–Crippen MR) is 106 cm³/mol. The van der Waals surface area contributed by atoms with E-state index in [1.54, 1.807) is 13.4 Å². The molecule has 8 nitrogen and oxygen atoms in total. The van der Waals surface area contributed by atoms with Crippen LogP contribution in [0, 0.1) is 6.92 Å². The van der Waals surface area contributed by atoms with Gasteiger partial charge in [0.1, 0.15) is 6.33 Å². The van der Waals surface area contributed by atoms with E-state index in [0.717, 1.165) is 53.1 Å². The van der Waals surface area contributed by atoms with Crippen LogP contribution in [0.3, 0.4) is 0 Å². The Bertz CT molecular complexity index is 1020. The summed E-state index contributed by atoms with van der Waals surface area (Å²) in [7, 11) is 1.76. The monoisotopic (exact) mass is 381 g/mol. The molecule has 4 rings (SSSR count). The quantitative estimate of drug-likeness (QED) is 0.706. The van der Waals surface area contributed by atoms with E-state index < -0.39 is 6.09 Å². The van der Waals surface area contributed by atoms with Crippen LogP contribution in [0.1, 0.15) is 17.5 Å². The van der Waals surface area contributed by atoms with Gasteiger partial charge >= 0.3 is 6.09 Å². The van der Waals surface area contributed by atoms with Gasteiger partial charge in [0.2, 0.25) is 0 Å². The van der Waals surface area contributed by atoms with E-state index in [-0.39, 0.29) is 12.6 Å². The van der Waals surface area contributed by atoms with Gasteiger partial charge in [-0.05, 0) is 36.6 Å². The molecule has 1 unspecified atom stereocenters. The number of amides is 1. The molecule has 28 heavy (non-hydrogen) atoms. The van der Waals surface area contributed by atoms with Crippen molar-refractivity contribution in [3.63, 3.8) is 0 Å². The second-order valence-electron chi connectivity index (χ2n) is 7.03. The van der Waals surface area contributed by atoms with Crippen LogP contribution < -0.4 is 10.2 Å². The third-order valence-corrected chi connectivity index (χ3v) is 5.28. The number of benzene rings is 1. The molecule has 0 bridgehead atoms. The minimum absolute atomic E-state index is 0.267. The Morgan fingerprint density at radius 3 is 2.96 bits per heavy atom. The average Bonchev–Trinajstić information content (AvgIpc) is 3.33. The first-order valence-electron chi connectivity index (χ1n) is 9.23. The van der Waals surface area contributed by atoms with Crippen LogP contribution in [-0.2, 0) is 11.3 Å². The van der Waals surface area contributed by atoms with Gasteiger partial charge < -0.3 is 20.1 Å². The molecule has 3 aromatic rings. The van der Waals surface area contributed by atoms with E-state index in [1.165, 1.54) is 0 Å². The van der Waals surface area contributed by atoms with Gasteiger partial charge in [0, 0.05) is 32.3 Å². The summed E-state index contributed by atoms with van der Waals surface area (Å²) >= 11 is 0. The summed E-state index contributed by atoms with van der Waals surface area (Å²) in [6.07, 6.45) is 3.84. The zero-order valence-corrected chi connectivity index (χ0v) is 15.9. The van der Waals surface area contributed by atoms with Crippen LogP contribution in [0.15, 0.2) is 36.8 Å². The maximum absolute atomic E-state index is 10.7. The van der Waals surface area contributed by atoms with E-state index in [2.05, 4.69) is 26.4 Å². The number of carbonyl (C=O) groups is 1. The molecule has 1 aliphatic heterocycles. The van der Waals surface area contributed by atoms with Crippen LogP contribution in [0.5, 0.6) is 0 Å². The maximum atomic E-state index is 10.7. The molecular weight excluding hydrogens is 358 g/mol. The average molecular weight is 381 g/mol. The minimum Gasteiger partial charge on any atom is -0.465 e. The predicted octanol–water partition coefficient (Wildman–Crippen LogP) is 2.70. The topological polar surface area (TPSA) is 92.0 Å². The van der Waals surface area contributed by atoms with Crippen molar-refractivity contribution in [2.45, 2.75) is 26.0 Å². The number of hydrogen-bond donors (Lipinski definition) is 2. The van der Waals surface area contributed by atoms with E-state index >= 15 is 0 Å². The van der Waals surface area contributed by atoms with Gasteiger partial charge in [-0.1, -0.05) is 12.1 Å². The lowest BCUT2D eigenvalue weighted by atomic mass is 10.0. The molecule has 0 radical (unpaired) electrons. The van der Waals surface area contributed by atoms with Gasteiger partial charge in [0.25, 0.3) is 0 Å². The number of aryl methyl sites for hydroxylation is 1. The van der Waals surface area contributed by atoms with Crippen LogP contribution in [-0.4, -0.2) is 52.1 Å². The Hall–Kier alpha value is -3.13. The van der Waals surface area contributed by atoms with Crippen LogP contribution in [0.4, 0.5) is 10.5 Å². The molecule has 2 N–H and O–H groups in total. The van der Waals surface area contributed by atoms with Crippen LogP contribution >= 0.6 is 0 Å². The summed E-state index contributed by atoms with van der Waals surface area (Å²) in [4.78, 5) is 17.5. The molecule has 0 aliphatic carbocycles. The van der Waals surface area contributed by atoms with Crippen molar-refractivity contribution in [3.8, 4) is 11.3 Å². The number of ether oxygens (including phenoxy) is 1. The highest BCUT2D eigenvalue weighted by molar-refractivity contribution is 5.80. The summed E-state index contributed by atoms with van der Waals surface area (Å²) in [5.74, 6) is 0. The molecule has 1 atom stereocenters. The van der Waals surface area contributed by atoms with Crippen molar-refractivity contribution in [2.75, 3.05) is 25.1 Å². The number of nitrogens with one attached hydrogen (secondary N) is 1. The highest BCUT2D eigenvalue weighted by Crippen LogP contribution is 2.29. The van der Waals surface area contributed by atoms with Crippen molar-refractivity contribution >= 4 is 17.3 Å². The Balaban J connectivity index is 1.65. The number of nitrogens with zero attached hydrogens (tertiary/aromatic N) is 4. The molecule has 1 saturated heterocycles. The summed E-state index contributed by atoms with van der Waals surface area (Å²) in [6.45, 7) is 4.09.